The Balaban J connectivity index is 2.30. The van der Waals surface area contributed by atoms with Crippen LogP contribution in [0, 0.1) is 0 Å². The number of nitrogens with two attached hydrogens (primary N) is 1. The van der Waals surface area contributed by atoms with Crippen LogP contribution in [0.2, 0.25) is 0 Å². The summed E-state index contributed by atoms with van der Waals surface area (Å²) < 4.78 is 4.98. The number of ether oxygens (including phenoxy) is 1. The zero-order chi connectivity index (χ0) is 11.1. The van der Waals surface area contributed by atoms with Gasteiger partial charge in [0.25, 0.3) is 0 Å². The predicted molar refractivity (Wildman–Crippen MR) is 59.3 cm³/mol. The lowest BCUT2D eigenvalue weighted by Gasteiger charge is -2.06. The van der Waals surface area contributed by atoms with Gasteiger partial charge in [0.1, 0.15) is 6.61 Å². The van der Waals surface area contributed by atoms with Crippen molar-refractivity contribution in [2.24, 2.45) is 0 Å². The highest BCUT2D eigenvalue weighted by molar-refractivity contribution is 5.67. The van der Waals surface area contributed by atoms with E-state index in [4.69, 9.17) is 10.5 Å². The topological polar surface area (TPSA) is 64.3 Å². The molecule has 15 heavy (non-hydrogen) atoms. The number of carbonyl (C=O) groups excluding carboxylic acids is 1. The minimum Gasteiger partial charge on any atom is -0.445 e. The molecule has 1 amide bonds. The number of amides is 1. The average Bonchev–Trinajstić information content (AvgIpc) is 2.25. The predicted octanol–water partition coefficient (Wildman–Crippen LogP) is 1.90. The Morgan fingerprint density at radius 1 is 1.40 bits per heavy atom. The molecule has 0 aliphatic rings. The number of hydrogen-bond acceptors (Lipinski definition) is 3. The van der Waals surface area contributed by atoms with E-state index in [0.29, 0.717) is 12.2 Å². The zero-order valence-corrected chi connectivity index (χ0v) is 8.82. The fourth-order valence-corrected chi connectivity index (χ4v) is 1.04. The first-order chi connectivity index (χ1) is 7.22. The van der Waals surface area contributed by atoms with E-state index >= 15 is 0 Å². The molecule has 0 spiro atoms. The number of alkyl carbamates (subject to hydrolysis) is 1. The van der Waals surface area contributed by atoms with Crippen molar-refractivity contribution in [3.63, 3.8) is 0 Å². The summed E-state index contributed by atoms with van der Waals surface area (Å²) in [6.45, 7) is 2.90. The Kier molecular flexibility index (Phi) is 4.47. The van der Waals surface area contributed by atoms with Crippen molar-refractivity contribution in [3.8, 4) is 0 Å². The molecule has 0 unspecified atom stereocenters. The number of carbonyl (C=O) groups is 1. The van der Waals surface area contributed by atoms with Gasteiger partial charge in [0.05, 0.1) is 0 Å². The van der Waals surface area contributed by atoms with Gasteiger partial charge < -0.3 is 15.8 Å². The molecule has 0 aliphatic heterocycles. The maximum atomic E-state index is 11.1. The standard InChI is InChI=1S/C11H16N2O2/c1-2-7-13-11(14)15-8-9-3-5-10(12)6-4-9/h3-6H,2,7-8,12H2,1H3,(H,13,14). The smallest absolute Gasteiger partial charge is 0.407 e. The molecule has 0 fully saturated rings. The maximum absolute atomic E-state index is 11.1. The molecule has 4 nitrogen and oxygen atoms in total. The normalized spacial score (nSPS) is 9.67. The van der Waals surface area contributed by atoms with Crippen molar-refractivity contribution >= 4 is 11.8 Å². The molecule has 0 heterocycles. The molecule has 0 saturated heterocycles. The summed E-state index contributed by atoms with van der Waals surface area (Å²) in [5.41, 5.74) is 7.16. The average molecular weight is 208 g/mol. The Bertz CT molecular complexity index is 309. The van der Waals surface area contributed by atoms with Crippen molar-refractivity contribution in [2.75, 3.05) is 12.3 Å². The van der Waals surface area contributed by atoms with Gasteiger partial charge in [-0.05, 0) is 24.1 Å². The van der Waals surface area contributed by atoms with E-state index < -0.39 is 0 Å². The number of hydrogen-bond donors (Lipinski definition) is 2. The van der Waals surface area contributed by atoms with E-state index in [0.717, 1.165) is 12.0 Å². The number of anilines is 1. The van der Waals surface area contributed by atoms with Crippen LogP contribution in [0.15, 0.2) is 24.3 Å². The molecule has 0 atom stereocenters. The molecular weight excluding hydrogens is 192 g/mol. The summed E-state index contributed by atoms with van der Waals surface area (Å²) in [7, 11) is 0. The zero-order valence-electron chi connectivity index (χ0n) is 8.82. The first-order valence-electron chi connectivity index (χ1n) is 4.97. The minimum atomic E-state index is -0.381. The first-order valence-corrected chi connectivity index (χ1v) is 4.97. The first kappa shape index (κ1) is 11.4. The van der Waals surface area contributed by atoms with E-state index in [1.165, 1.54) is 0 Å². The van der Waals surface area contributed by atoms with E-state index in [-0.39, 0.29) is 12.7 Å². The van der Waals surface area contributed by atoms with Gasteiger partial charge in [-0.3, -0.25) is 0 Å². The number of nitrogens with one attached hydrogen (secondary N) is 1. The molecule has 3 N–H and O–H groups in total. The van der Waals surface area contributed by atoms with Crippen LogP contribution in [0.1, 0.15) is 18.9 Å². The SMILES string of the molecule is CCCNC(=O)OCc1ccc(N)cc1. The molecule has 0 radical (unpaired) electrons. The van der Waals surface area contributed by atoms with Crippen LogP contribution in [-0.4, -0.2) is 12.6 Å². The fourth-order valence-electron chi connectivity index (χ4n) is 1.04. The Morgan fingerprint density at radius 2 is 2.07 bits per heavy atom. The third kappa shape index (κ3) is 4.35. The Morgan fingerprint density at radius 3 is 2.67 bits per heavy atom. The van der Waals surface area contributed by atoms with Crippen LogP contribution in [0.25, 0.3) is 0 Å². The summed E-state index contributed by atoms with van der Waals surface area (Å²) >= 11 is 0. The molecule has 4 heteroatoms. The minimum absolute atomic E-state index is 0.274. The van der Waals surface area contributed by atoms with Gasteiger partial charge in [0, 0.05) is 12.2 Å². The highest BCUT2D eigenvalue weighted by Gasteiger charge is 2.00. The van der Waals surface area contributed by atoms with Crippen molar-refractivity contribution in [1.29, 1.82) is 0 Å². The van der Waals surface area contributed by atoms with E-state index in [2.05, 4.69) is 5.32 Å². The van der Waals surface area contributed by atoms with Gasteiger partial charge in [0.15, 0.2) is 0 Å². The van der Waals surface area contributed by atoms with Crippen LogP contribution >= 0.6 is 0 Å². The van der Waals surface area contributed by atoms with E-state index in [1.807, 2.05) is 19.1 Å². The number of rotatable bonds is 4. The van der Waals surface area contributed by atoms with Gasteiger partial charge in [-0.15, -0.1) is 0 Å². The molecule has 82 valence electrons. The van der Waals surface area contributed by atoms with Crippen LogP contribution < -0.4 is 11.1 Å². The molecule has 0 bridgehead atoms. The van der Waals surface area contributed by atoms with Gasteiger partial charge in [-0.1, -0.05) is 19.1 Å². The largest absolute Gasteiger partial charge is 0.445 e. The molecule has 1 aromatic rings. The van der Waals surface area contributed by atoms with Gasteiger partial charge in [-0.2, -0.15) is 0 Å². The summed E-state index contributed by atoms with van der Waals surface area (Å²) in [5.74, 6) is 0. The second-order valence-electron chi connectivity index (χ2n) is 3.24. The number of nitrogen functional groups attached to an aromatic ring is 1. The fraction of sp³-hybridized carbons (Fsp3) is 0.364. The molecule has 1 rings (SSSR count). The quantitative estimate of drug-likeness (QED) is 0.743. The summed E-state index contributed by atoms with van der Waals surface area (Å²) in [5, 5.41) is 2.63. The van der Waals surface area contributed by atoms with Crippen LogP contribution in [0.3, 0.4) is 0 Å². The van der Waals surface area contributed by atoms with Crippen LogP contribution in [0.4, 0.5) is 10.5 Å². The van der Waals surface area contributed by atoms with Crippen molar-refractivity contribution in [1.82, 2.24) is 5.32 Å². The Hall–Kier alpha value is -1.71. The van der Waals surface area contributed by atoms with Crippen LogP contribution in [0.5, 0.6) is 0 Å². The Labute approximate surface area is 89.4 Å². The second kappa shape index (κ2) is 5.90. The second-order valence-corrected chi connectivity index (χ2v) is 3.24. The molecule has 0 aliphatic carbocycles. The summed E-state index contributed by atoms with van der Waals surface area (Å²) in [6.07, 6.45) is 0.519. The maximum Gasteiger partial charge on any atom is 0.407 e. The van der Waals surface area contributed by atoms with Gasteiger partial charge in [0.2, 0.25) is 0 Å². The summed E-state index contributed by atoms with van der Waals surface area (Å²) in [4.78, 5) is 11.1. The lowest BCUT2D eigenvalue weighted by atomic mass is 10.2. The third-order valence-corrected chi connectivity index (χ3v) is 1.87. The molecular formula is C11H16N2O2. The van der Waals surface area contributed by atoms with Crippen molar-refractivity contribution in [2.45, 2.75) is 20.0 Å². The lowest BCUT2D eigenvalue weighted by molar-refractivity contribution is 0.139. The molecule has 0 aromatic heterocycles. The monoisotopic (exact) mass is 208 g/mol. The highest BCUT2D eigenvalue weighted by Crippen LogP contribution is 2.06. The molecule has 1 aromatic carbocycles. The molecule has 0 saturated carbocycles. The lowest BCUT2D eigenvalue weighted by Crippen LogP contribution is -2.24. The van der Waals surface area contributed by atoms with E-state index in [9.17, 15) is 4.79 Å². The van der Waals surface area contributed by atoms with Crippen molar-refractivity contribution in [3.05, 3.63) is 29.8 Å². The van der Waals surface area contributed by atoms with Gasteiger partial charge >= 0.3 is 6.09 Å². The third-order valence-electron chi connectivity index (χ3n) is 1.87. The van der Waals surface area contributed by atoms with Crippen LogP contribution in [-0.2, 0) is 11.3 Å². The van der Waals surface area contributed by atoms with Gasteiger partial charge in [-0.25, -0.2) is 4.79 Å². The van der Waals surface area contributed by atoms with E-state index in [1.54, 1.807) is 12.1 Å². The summed E-state index contributed by atoms with van der Waals surface area (Å²) in [6, 6.07) is 7.23. The van der Waals surface area contributed by atoms with Crippen molar-refractivity contribution < 1.29 is 9.53 Å². The number of benzene rings is 1. The highest BCUT2D eigenvalue weighted by atomic mass is 16.5.